The molecular weight excluding hydrogens is 547 g/mol. The molecule has 1 aliphatic rings. The maximum Gasteiger partial charge on any atom is 0.406 e. The van der Waals surface area contributed by atoms with Gasteiger partial charge in [0.2, 0.25) is 0 Å². The SMILES string of the molecule is CC(C)OC(=O)[C@@H](C)NP(=O)(OCCSC(=O)C(C)(C)C)OC[C@@H]1C[C@H](C)[C@H](n2cnc3c(N)ncnc32)O1. The molecule has 13 nitrogen and oxygen atoms in total. The van der Waals surface area contributed by atoms with Crippen LogP contribution in [0.4, 0.5) is 5.82 Å². The summed E-state index contributed by atoms with van der Waals surface area (Å²) in [7, 11) is -3.98. The fraction of sp³-hybridized carbons (Fsp3) is 0.708. The molecule has 3 heterocycles. The Morgan fingerprint density at radius 1 is 1.26 bits per heavy atom. The minimum absolute atomic E-state index is 0.0119. The predicted octanol–water partition coefficient (Wildman–Crippen LogP) is 3.71. The minimum Gasteiger partial charge on any atom is -0.462 e. The number of carbonyl (C=O) groups is 2. The van der Waals surface area contributed by atoms with Crippen molar-refractivity contribution in [3.8, 4) is 0 Å². The third kappa shape index (κ3) is 8.45. The number of ether oxygens (including phenoxy) is 2. The van der Waals surface area contributed by atoms with Crippen molar-refractivity contribution < 1.29 is 32.7 Å². The lowest BCUT2D eigenvalue weighted by Gasteiger charge is -2.24. The van der Waals surface area contributed by atoms with Crippen LogP contribution in [0.5, 0.6) is 0 Å². The molecule has 0 spiro atoms. The molecule has 39 heavy (non-hydrogen) atoms. The average molecular weight is 587 g/mol. The highest BCUT2D eigenvalue weighted by atomic mass is 32.2. The van der Waals surface area contributed by atoms with Gasteiger partial charge in [0.15, 0.2) is 16.6 Å². The topological polar surface area (TPSA) is 170 Å². The van der Waals surface area contributed by atoms with Crippen LogP contribution in [-0.4, -0.2) is 67.8 Å². The van der Waals surface area contributed by atoms with E-state index >= 15 is 0 Å². The number of esters is 1. The number of hydrogen-bond acceptors (Lipinski definition) is 12. The fourth-order valence-electron chi connectivity index (χ4n) is 3.85. The van der Waals surface area contributed by atoms with Crippen molar-refractivity contribution in [3.63, 3.8) is 0 Å². The van der Waals surface area contributed by atoms with Crippen molar-refractivity contribution in [2.75, 3.05) is 24.7 Å². The monoisotopic (exact) mass is 586 g/mol. The van der Waals surface area contributed by atoms with Gasteiger partial charge in [0.1, 0.15) is 24.1 Å². The van der Waals surface area contributed by atoms with E-state index in [0.717, 1.165) is 11.8 Å². The second kappa shape index (κ2) is 13.0. The Bertz CT molecular complexity index is 1200. The van der Waals surface area contributed by atoms with Gasteiger partial charge in [-0.2, -0.15) is 0 Å². The zero-order valence-corrected chi connectivity index (χ0v) is 25.2. The second-order valence-corrected chi connectivity index (χ2v) is 13.6. The molecule has 3 rings (SSSR count). The number of anilines is 1. The van der Waals surface area contributed by atoms with E-state index in [1.807, 2.05) is 27.7 Å². The quantitative estimate of drug-likeness (QED) is 0.210. The van der Waals surface area contributed by atoms with E-state index in [0.29, 0.717) is 17.6 Å². The Morgan fingerprint density at radius 2 is 1.97 bits per heavy atom. The van der Waals surface area contributed by atoms with Crippen molar-refractivity contribution in [1.82, 2.24) is 24.6 Å². The fourth-order valence-corrected chi connectivity index (χ4v) is 6.25. The van der Waals surface area contributed by atoms with Crippen LogP contribution in [0.15, 0.2) is 12.7 Å². The van der Waals surface area contributed by atoms with Crippen LogP contribution in [0.2, 0.25) is 0 Å². The molecule has 2 aromatic rings. The first-order valence-electron chi connectivity index (χ1n) is 12.8. The molecule has 0 aromatic carbocycles. The van der Waals surface area contributed by atoms with E-state index in [4.69, 9.17) is 24.3 Å². The molecule has 1 aliphatic heterocycles. The summed E-state index contributed by atoms with van der Waals surface area (Å²) < 4.78 is 38.2. The van der Waals surface area contributed by atoms with E-state index in [1.165, 1.54) is 13.3 Å². The van der Waals surface area contributed by atoms with Gasteiger partial charge in [-0.1, -0.05) is 39.5 Å². The number of carbonyl (C=O) groups excluding carboxylic acids is 2. The van der Waals surface area contributed by atoms with Crippen LogP contribution >= 0.6 is 19.5 Å². The highest BCUT2D eigenvalue weighted by Crippen LogP contribution is 2.46. The maximum absolute atomic E-state index is 13.7. The maximum atomic E-state index is 13.7. The molecular formula is C24H39N6O7PS. The third-order valence-corrected chi connectivity index (χ3v) is 8.75. The molecule has 15 heteroatoms. The molecule has 0 aliphatic carbocycles. The van der Waals surface area contributed by atoms with Crippen molar-refractivity contribution in [1.29, 1.82) is 0 Å². The Labute approximate surface area is 232 Å². The van der Waals surface area contributed by atoms with Gasteiger partial charge in [-0.15, -0.1) is 0 Å². The van der Waals surface area contributed by atoms with Gasteiger partial charge in [-0.05, 0) is 27.2 Å². The number of nitrogens with two attached hydrogens (primary N) is 1. The first kappa shape index (κ1) is 31.4. The molecule has 3 N–H and O–H groups in total. The van der Waals surface area contributed by atoms with Crippen LogP contribution in [0, 0.1) is 11.3 Å². The van der Waals surface area contributed by atoms with Gasteiger partial charge in [-0.3, -0.25) is 23.2 Å². The number of aromatic nitrogens is 4. The highest BCUT2D eigenvalue weighted by molar-refractivity contribution is 8.13. The lowest BCUT2D eigenvalue weighted by Crippen LogP contribution is -2.36. The summed E-state index contributed by atoms with van der Waals surface area (Å²) in [6.45, 7) is 12.4. The van der Waals surface area contributed by atoms with Gasteiger partial charge in [0.05, 0.1) is 31.7 Å². The Morgan fingerprint density at radius 3 is 2.64 bits per heavy atom. The highest BCUT2D eigenvalue weighted by Gasteiger charge is 2.38. The molecule has 0 radical (unpaired) electrons. The summed E-state index contributed by atoms with van der Waals surface area (Å²) in [5.74, 6) is 0.0168. The van der Waals surface area contributed by atoms with E-state index < -0.39 is 37.5 Å². The van der Waals surface area contributed by atoms with Gasteiger partial charge in [0.25, 0.3) is 0 Å². The van der Waals surface area contributed by atoms with Crippen LogP contribution in [0.25, 0.3) is 11.2 Å². The van der Waals surface area contributed by atoms with Crippen LogP contribution in [0.3, 0.4) is 0 Å². The number of imidazole rings is 1. The van der Waals surface area contributed by atoms with Gasteiger partial charge < -0.3 is 15.2 Å². The number of nitrogens with one attached hydrogen (secondary N) is 1. The summed E-state index contributed by atoms with van der Waals surface area (Å²) in [4.78, 5) is 37.1. The molecule has 5 atom stereocenters. The average Bonchev–Trinajstić information content (AvgIpc) is 3.43. The molecule has 1 saturated heterocycles. The van der Waals surface area contributed by atoms with Gasteiger partial charge in [-0.25, -0.2) is 24.6 Å². The van der Waals surface area contributed by atoms with Crippen LogP contribution in [0.1, 0.15) is 61.1 Å². The van der Waals surface area contributed by atoms with Crippen LogP contribution in [-0.2, 0) is 32.7 Å². The summed E-state index contributed by atoms with van der Waals surface area (Å²) >= 11 is 1.09. The molecule has 0 saturated carbocycles. The van der Waals surface area contributed by atoms with E-state index in [-0.39, 0.29) is 41.9 Å². The Hall–Kier alpha value is -2.09. The number of nitrogens with zero attached hydrogens (tertiary/aromatic N) is 4. The molecule has 1 fully saturated rings. The zero-order chi connectivity index (χ0) is 29.0. The number of thioether (sulfide) groups is 1. The number of nitrogen functional groups attached to an aromatic ring is 1. The molecule has 218 valence electrons. The number of fused-ring (bicyclic) bond motifs is 1. The zero-order valence-electron chi connectivity index (χ0n) is 23.4. The molecule has 1 unspecified atom stereocenters. The largest absolute Gasteiger partial charge is 0.462 e. The summed E-state index contributed by atoms with van der Waals surface area (Å²) in [5.41, 5.74) is 6.44. The van der Waals surface area contributed by atoms with Gasteiger partial charge in [0, 0.05) is 17.1 Å². The van der Waals surface area contributed by atoms with Crippen LogP contribution < -0.4 is 10.8 Å². The van der Waals surface area contributed by atoms with E-state index in [9.17, 15) is 14.2 Å². The first-order valence-corrected chi connectivity index (χ1v) is 15.4. The first-order chi connectivity index (χ1) is 18.2. The third-order valence-electron chi connectivity index (χ3n) is 5.79. The Balaban J connectivity index is 1.65. The van der Waals surface area contributed by atoms with Crippen molar-refractivity contribution in [2.24, 2.45) is 11.3 Å². The molecule has 0 amide bonds. The van der Waals surface area contributed by atoms with Crippen molar-refractivity contribution in [2.45, 2.75) is 79.4 Å². The molecule has 2 aromatic heterocycles. The van der Waals surface area contributed by atoms with E-state index in [1.54, 1.807) is 24.7 Å². The predicted molar refractivity (Wildman–Crippen MR) is 148 cm³/mol. The van der Waals surface area contributed by atoms with E-state index in [2.05, 4.69) is 20.0 Å². The summed E-state index contributed by atoms with van der Waals surface area (Å²) in [5, 5.41) is 2.65. The summed E-state index contributed by atoms with van der Waals surface area (Å²) in [6.07, 6.45) is 2.42. The van der Waals surface area contributed by atoms with Gasteiger partial charge >= 0.3 is 13.7 Å². The second-order valence-electron chi connectivity index (χ2n) is 10.8. The normalized spacial score (nSPS) is 22.2. The lowest BCUT2D eigenvalue weighted by molar-refractivity contribution is -0.149. The Kier molecular flexibility index (Phi) is 10.5. The van der Waals surface area contributed by atoms with Crippen molar-refractivity contribution in [3.05, 3.63) is 12.7 Å². The summed E-state index contributed by atoms with van der Waals surface area (Å²) in [6, 6.07) is -0.958. The van der Waals surface area contributed by atoms with Crippen molar-refractivity contribution >= 4 is 47.6 Å². The minimum atomic E-state index is -3.98. The smallest absolute Gasteiger partial charge is 0.406 e. The lowest BCUT2D eigenvalue weighted by atomic mass is 10.00. The molecule has 0 bridgehead atoms. The number of rotatable bonds is 12. The number of hydrogen-bond donors (Lipinski definition) is 2. The standard InChI is InChI=1S/C24H39N6O7PS/c1-14(2)36-22(31)16(4)29-38(33,34-8-9-39-23(32)24(5,6)7)35-11-17-10-15(3)21(37-17)30-13-28-18-19(25)26-12-27-20(18)30/h12-17,21H,8-11H2,1-7H3,(H,29,33)(H2,25,26,27)/t15-,16+,17-,21+,38?/m0/s1.